The van der Waals surface area contributed by atoms with Crippen LogP contribution < -0.4 is 0 Å². The molecule has 0 amide bonds. The molecular formula is C52H58N2O2Zn. The van der Waals surface area contributed by atoms with E-state index in [2.05, 4.69) is 132 Å². The Morgan fingerprint density at radius 2 is 0.719 bits per heavy atom. The number of aromatic hydroxyl groups is 2. The summed E-state index contributed by atoms with van der Waals surface area (Å²) < 4.78 is 0. The molecule has 0 heterocycles. The number of hydrogen-bond acceptors (Lipinski definition) is 4. The van der Waals surface area contributed by atoms with Gasteiger partial charge in [0.25, 0.3) is 0 Å². The number of benzene rings is 6. The van der Waals surface area contributed by atoms with Gasteiger partial charge in [-0.2, -0.15) is 0 Å². The van der Waals surface area contributed by atoms with Gasteiger partial charge in [-0.25, -0.2) is 9.98 Å². The van der Waals surface area contributed by atoms with Gasteiger partial charge >= 0.3 is 0 Å². The van der Waals surface area contributed by atoms with Crippen molar-refractivity contribution in [3.05, 3.63) is 166 Å². The molecule has 290 valence electrons. The molecule has 5 heteroatoms. The fourth-order valence-corrected chi connectivity index (χ4v) is 7.03. The Labute approximate surface area is 353 Å². The van der Waals surface area contributed by atoms with Crippen LogP contribution in [0.3, 0.4) is 0 Å². The fraction of sp³-hybridized carbons (Fsp3) is 0.308. The molecule has 0 spiro atoms. The predicted molar refractivity (Wildman–Crippen MR) is 238 cm³/mol. The number of rotatable bonds is 6. The molecule has 4 nitrogen and oxygen atoms in total. The van der Waals surface area contributed by atoms with Crippen LogP contribution in [0.4, 0.5) is 11.4 Å². The summed E-state index contributed by atoms with van der Waals surface area (Å²) in [6.45, 7) is 26.0. The van der Waals surface area contributed by atoms with Crippen LogP contribution in [0.25, 0.3) is 10.8 Å². The minimum absolute atomic E-state index is 0. The zero-order valence-corrected chi connectivity index (χ0v) is 39.0. The monoisotopic (exact) mass is 806 g/mol. The molecule has 0 aromatic heterocycles. The summed E-state index contributed by atoms with van der Waals surface area (Å²) in [6.07, 6.45) is 0. The van der Waals surface area contributed by atoms with E-state index in [1.807, 2.05) is 72.8 Å². The molecule has 57 heavy (non-hydrogen) atoms. The molecule has 0 radical (unpaired) electrons. The molecule has 0 atom stereocenters. The van der Waals surface area contributed by atoms with E-state index in [1.165, 1.54) is 0 Å². The summed E-state index contributed by atoms with van der Waals surface area (Å²) in [5, 5.41) is 26.4. The van der Waals surface area contributed by atoms with E-state index in [0.717, 1.165) is 44.2 Å². The summed E-state index contributed by atoms with van der Waals surface area (Å²) in [4.78, 5) is 11.0. The Kier molecular flexibility index (Phi) is 12.3. The van der Waals surface area contributed by atoms with Crippen molar-refractivity contribution in [1.29, 1.82) is 0 Å². The Balaban J connectivity index is 0.00000620. The third-order valence-corrected chi connectivity index (χ3v) is 10.5. The summed E-state index contributed by atoms with van der Waals surface area (Å²) in [7, 11) is 0. The maximum absolute atomic E-state index is 12.2. The Bertz CT molecular complexity index is 2280. The van der Waals surface area contributed by atoms with Gasteiger partial charge in [-0.15, -0.1) is 0 Å². The van der Waals surface area contributed by atoms with E-state index in [4.69, 9.17) is 9.98 Å². The molecule has 0 saturated carbocycles. The largest absolute Gasteiger partial charge is 0.507 e. The van der Waals surface area contributed by atoms with E-state index in [1.54, 1.807) is 0 Å². The van der Waals surface area contributed by atoms with Gasteiger partial charge in [-0.3, -0.25) is 0 Å². The first-order chi connectivity index (χ1) is 26.1. The molecule has 0 aliphatic carbocycles. The first kappa shape index (κ1) is 43.3. The van der Waals surface area contributed by atoms with Crippen molar-refractivity contribution >= 4 is 33.6 Å². The second-order valence-electron chi connectivity index (χ2n) is 19.2. The number of phenols is 2. The van der Waals surface area contributed by atoms with Gasteiger partial charge in [0.15, 0.2) is 0 Å². The first-order valence-electron chi connectivity index (χ1n) is 19.7. The quantitative estimate of drug-likeness (QED) is 0.130. The zero-order valence-electron chi connectivity index (χ0n) is 36.0. The minimum Gasteiger partial charge on any atom is -0.507 e. The van der Waals surface area contributed by atoms with Crippen molar-refractivity contribution in [3.8, 4) is 11.5 Å². The normalized spacial score (nSPS) is 13.1. The third kappa shape index (κ3) is 9.48. The maximum Gasteiger partial charge on any atom is 0.128 e. The summed E-state index contributed by atoms with van der Waals surface area (Å²) in [5.74, 6) is 0.449. The summed E-state index contributed by atoms with van der Waals surface area (Å²) >= 11 is 0. The van der Waals surface area contributed by atoms with Crippen molar-refractivity contribution in [2.75, 3.05) is 0 Å². The van der Waals surface area contributed by atoms with Crippen LogP contribution in [-0.2, 0) is 41.1 Å². The average Bonchev–Trinajstić information content (AvgIpc) is 3.12. The molecule has 0 aliphatic rings. The van der Waals surface area contributed by atoms with Crippen molar-refractivity contribution in [2.24, 2.45) is 9.98 Å². The van der Waals surface area contributed by atoms with Gasteiger partial charge in [0.05, 0.1) is 22.8 Å². The molecule has 6 rings (SSSR count). The van der Waals surface area contributed by atoms with Crippen molar-refractivity contribution < 1.29 is 29.7 Å². The number of fused-ring (bicyclic) bond motifs is 1. The van der Waals surface area contributed by atoms with Gasteiger partial charge in [0.2, 0.25) is 0 Å². The third-order valence-electron chi connectivity index (χ3n) is 10.5. The molecule has 0 saturated heterocycles. The Morgan fingerprint density at radius 1 is 0.404 bits per heavy atom. The van der Waals surface area contributed by atoms with Gasteiger partial charge in [0.1, 0.15) is 11.5 Å². The SMILES string of the molecule is CC(C)(C)c1cc(C(=Nc2cc3ccccc3cc2N=C(c2ccccc2)c2cc(C(C)(C)C)cc(C(C)(C)C)c2O)c2ccccc2)c(O)c(C(C)(C)C)c1.[Zn]. The average molecular weight is 808 g/mol. The van der Waals surface area contributed by atoms with Crippen molar-refractivity contribution in [1.82, 2.24) is 0 Å². The van der Waals surface area contributed by atoms with Crippen LogP contribution in [0.15, 0.2) is 131 Å². The number of nitrogens with zero attached hydrogens (tertiary/aromatic N) is 2. The Morgan fingerprint density at radius 3 is 1.02 bits per heavy atom. The zero-order chi connectivity index (χ0) is 40.8. The van der Waals surface area contributed by atoms with Crippen molar-refractivity contribution in [2.45, 2.75) is 105 Å². The Hall–Kier alpha value is -4.86. The summed E-state index contributed by atoms with van der Waals surface area (Å²) in [5.41, 5.74) is 8.69. The molecular weight excluding hydrogens is 750 g/mol. The van der Waals surface area contributed by atoms with Gasteiger partial charge < -0.3 is 10.2 Å². The fourth-order valence-electron chi connectivity index (χ4n) is 7.03. The second kappa shape index (κ2) is 16.2. The van der Waals surface area contributed by atoms with E-state index in [0.29, 0.717) is 33.9 Å². The van der Waals surface area contributed by atoms with Gasteiger partial charge in [-0.05, 0) is 67.8 Å². The number of phenolic OH excluding ortho intramolecular Hbond substituents is 2. The van der Waals surface area contributed by atoms with Crippen molar-refractivity contribution in [3.63, 3.8) is 0 Å². The smallest absolute Gasteiger partial charge is 0.128 e. The van der Waals surface area contributed by atoms with Gasteiger partial charge in [-0.1, -0.05) is 180 Å². The van der Waals surface area contributed by atoms with Crippen LogP contribution in [0.2, 0.25) is 0 Å². The number of aliphatic imine (C=N–C) groups is 2. The van der Waals surface area contributed by atoms with E-state index >= 15 is 0 Å². The van der Waals surface area contributed by atoms with Crippen LogP contribution in [-0.4, -0.2) is 21.6 Å². The van der Waals surface area contributed by atoms with Crippen LogP contribution in [0, 0.1) is 0 Å². The minimum atomic E-state index is -0.319. The summed E-state index contributed by atoms with van der Waals surface area (Å²) in [6, 6.07) is 41.1. The second-order valence-corrected chi connectivity index (χ2v) is 19.2. The maximum atomic E-state index is 12.2. The van der Waals surface area contributed by atoms with E-state index in [9.17, 15) is 10.2 Å². The molecule has 0 bridgehead atoms. The molecule has 0 aliphatic heterocycles. The topological polar surface area (TPSA) is 65.2 Å². The molecule has 2 N–H and O–H groups in total. The van der Waals surface area contributed by atoms with E-state index < -0.39 is 0 Å². The standard InChI is InChI=1S/C52H58N2O2.Zn/c1-49(2,3)37-29-39(47(55)41(31-37)51(7,8)9)45(33-21-15-13-16-22-33)53-43-27-35-25-19-20-26-36(35)28-44(43)54-46(34-23-17-14-18-24-34)40-30-38(50(4,5)6)32-42(48(40)56)52(10,11)12;/h13-32,55-56H,1-12H3;. The molecule has 6 aromatic rings. The van der Waals surface area contributed by atoms with Crippen LogP contribution >= 0.6 is 0 Å². The number of hydrogen-bond donors (Lipinski definition) is 2. The van der Waals surface area contributed by atoms with E-state index in [-0.39, 0.29) is 52.6 Å². The first-order valence-corrected chi connectivity index (χ1v) is 19.7. The van der Waals surface area contributed by atoms with Crippen LogP contribution in [0.1, 0.15) is 128 Å². The molecule has 6 aromatic carbocycles. The van der Waals surface area contributed by atoms with Gasteiger partial charge in [0, 0.05) is 52.9 Å². The molecule has 0 fully saturated rings. The predicted octanol–water partition coefficient (Wildman–Crippen LogP) is 13.8. The molecule has 0 unspecified atom stereocenters. The van der Waals surface area contributed by atoms with Crippen LogP contribution in [0.5, 0.6) is 11.5 Å².